The van der Waals surface area contributed by atoms with Crippen LogP contribution in [0, 0.1) is 0 Å². The first-order valence-electron chi connectivity index (χ1n) is 4.62. The summed E-state index contributed by atoms with van der Waals surface area (Å²) in [5.41, 5.74) is 0.942. The van der Waals surface area contributed by atoms with Crippen LogP contribution in [-0.2, 0) is 4.79 Å². The number of thioether (sulfide) groups is 1. The lowest BCUT2D eigenvalue weighted by atomic mass is 10.2. The zero-order valence-corrected chi connectivity index (χ0v) is 10.2. The van der Waals surface area contributed by atoms with Gasteiger partial charge in [-0.15, -0.1) is 0 Å². The molecule has 0 bridgehead atoms. The highest BCUT2D eigenvalue weighted by molar-refractivity contribution is 8.26. The Hall–Kier alpha value is -1.33. The minimum Gasteiger partial charge on any atom is -0.465 e. The van der Waals surface area contributed by atoms with Gasteiger partial charge in [-0.25, -0.2) is 0 Å². The fraction of sp³-hybridized carbons (Fsp3) is 0.0909. The Morgan fingerprint density at radius 1 is 1.62 bits per heavy atom. The fourth-order valence-corrected chi connectivity index (χ4v) is 2.36. The van der Waals surface area contributed by atoms with Crippen LogP contribution in [0.4, 0.5) is 0 Å². The van der Waals surface area contributed by atoms with E-state index in [-0.39, 0.29) is 5.91 Å². The van der Waals surface area contributed by atoms with Crippen molar-refractivity contribution in [1.82, 2.24) is 5.32 Å². The topological polar surface area (TPSA) is 42.2 Å². The Balaban J connectivity index is 2.18. The van der Waals surface area contributed by atoms with Crippen LogP contribution in [0.5, 0.6) is 0 Å². The summed E-state index contributed by atoms with van der Waals surface area (Å²) >= 11 is 6.17. The van der Waals surface area contributed by atoms with E-state index in [1.54, 1.807) is 12.3 Å². The molecule has 2 rings (SSSR count). The van der Waals surface area contributed by atoms with Gasteiger partial charge in [0.2, 0.25) is 0 Å². The Labute approximate surface area is 103 Å². The lowest BCUT2D eigenvalue weighted by Crippen LogP contribution is -2.17. The van der Waals surface area contributed by atoms with Crippen molar-refractivity contribution < 1.29 is 9.21 Å². The van der Waals surface area contributed by atoms with Gasteiger partial charge in [-0.1, -0.05) is 24.0 Å². The van der Waals surface area contributed by atoms with E-state index in [0.717, 1.165) is 11.3 Å². The normalized spacial score (nSPS) is 19.3. The van der Waals surface area contributed by atoms with Crippen molar-refractivity contribution in [3.63, 3.8) is 0 Å². The molecule has 16 heavy (non-hydrogen) atoms. The van der Waals surface area contributed by atoms with Crippen LogP contribution < -0.4 is 5.32 Å². The predicted octanol–water partition coefficient (Wildman–Crippen LogP) is 2.71. The number of thiocarbonyl (C=S) groups is 1. The first kappa shape index (κ1) is 11.2. The molecule has 2 heterocycles. The summed E-state index contributed by atoms with van der Waals surface area (Å²) in [6, 6.07) is 3.67. The van der Waals surface area contributed by atoms with Crippen molar-refractivity contribution in [3.8, 4) is 0 Å². The van der Waals surface area contributed by atoms with Crippen molar-refractivity contribution in [1.29, 1.82) is 0 Å². The third-order valence-corrected chi connectivity index (χ3v) is 3.08. The molecule has 1 aromatic heterocycles. The van der Waals surface area contributed by atoms with E-state index < -0.39 is 0 Å². The van der Waals surface area contributed by atoms with Gasteiger partial charge in [0.05, 0.1) is 11.2 Å². The highest BCUT2D eigenvalue weighted by atomic mass is 32.2. The zero-order chi connectivity index (χ0) is 11.5. The molecular formula is C11H9NO2S2. The van der Waals surface area contributed by atoms with Crippen LogP contribution in [0.15, 0.2) is 39.4 Å². The summed E-state index contributed by atoms with van der Waals surface area (Å²) in [5, 5.41) is 2.57. The van der Waals surface area contributed by atoms with Crippen LogP contribution in [0.2, 0.25) is 0 Å². The molecule has 0 atom stereocenters. The van der Waals surface area contributed by atoms with E-state index in [2.05, 4.69) is 5.32 Å². The van der Waals surface area contributed by atoms with Crippen LogP contribution in [0.3, 0.4) is 0 Å². The number of allylic oxidation sites excluding steroid dienone is 2. The number of carbonyl (C=O) groups is 1. The lowest BCUT2D eigenvalue weighted by molar-refractivity contribution is -0.115. The first-order valence-corrected chi connectivity index (χ1v) is 5.84. The van der Waals surface area contributed by atoms with E-state index >= 15 is 0 Å². The van der Waals surface area contributed by atoms with E-state index in [9.17, 15) is 4.79 Å². The Morgan fingerprint density at radius 2 is 2.44 bits per heavy atom. The quantitative estimate of drug-likeness (QED) is 0.648. The molecule has 0 aliphatic carbocycles. The lowest BCUT2D eigenvalue weighted by Gasteiger charge is -1.93. The molecule has 1 amide bonds. The summed E-state index contributed by atoms with van der Waals surface area (Å²) in [4.78, 5) is 12.0. The molecule has 1 N–H and O–H groups in total. The molecule has 0 aromatic carbocycles. The second-order valence-corrected chi connectivity index (χ2v) is 4.97. The molecule has 3 nitrogen and oxygen atoms in total. The SMILES string of the molecule is CC(=C/c1ccco1)/C=C1\SC(=S)NC1=O. The third-order valence-electron chi connectivity index (χ3n) is 1.91. The van der Waals surface area contributed by atoms with Gasteiger partial charge in [-0.05, 0) is 36.8 Å². The van der Waals surface area contributed by atoms with Gasteiger partial charge in [0.25, 0.3) is 5.91 Å². The number of hydrogen-bond donors (Lipinski definition) is 1. The van der Waals surface area contributed by atoms with Crippen LogP contribution in [0.1, 0.15) is 12.7 Å². The highest BCUT2D eigenvalue weighted by Crippen LogP contribution is 2.25. The Bertz CT molecular complexity index is 486. The smallest absolute Gasteiger partial charge is 0.263 e. The maximum atomic E-state index is 11.4. The van der Waals surface area contributed by atoms with Gasteiger partial charge in [0, 0.05) is 0 Å². The first-order chi connectivity index (χ1) is 7.65. The van der Waals surface area contributed by atoms with Crippen molar-refractivity contribution >= 4 is 40.3 Å². The second-order valence-electron chi connectivity index (χ2n) is 3.26. The molecule has 0 radical (unpaired) electrons. The summed E-state index contributed by atoms with van der Waals surface area (Å²) in [6.07, 6.45) is 5.27. The summed E-state index contributed by atoms with van der Waals surface area (Å²) < 4.78 is 5.68. The summed E-state index contributed by atoms with van der Waals surface area (Å²) in [5.74, 6) is 0.627. The second kappa shape index (κ2) is 4.67. The van der Waals surface area contributed by atoms with Crippen LogP contribution in [0.25, 0.3) is 6.08 Å². The minimum atomic E-state index is -0.137. The summed E-state index contributed by atoms with van der Waals surface area (Å²) in [6.45, 7) is 1.91. The van der Waals surface area contributed by atoms with E-state index in [0.29, 0.717) is 9.23 Å². The molecule has 1 aliphatic rings. The molecule has 5 heteroatoms. The third kappa shape index (κ3) is 2.62. The monoisotopic (exact) mass is 251 g/mol. The maximum Gasteiger partial charge on any atom is 0.263 e. The average molecular weight is 251 g/mol. The zero-order valence-electron chi connectivity index (χ0n) is 8.52. The van der Waals surface area contributed by atoms with Crippen molar-refractivity contribution in [2.45, 2.75) is 6.92 Å². The predicted molar refractivity (Wildman–Crippen MR) is 68.8 cm³/mol. The molecule has 0 saturated carbocycles. The maximum absolute atomic E-state index is 11.4. The van der Waals surface area contributed by atoms with Gasteiger partial charge in [-0.3, -0.25) is 4.79 Å². The number of furan rings is 1. The van der Waals surface area contributed by atoms with Gasteiger partial charge >= 0.3 is 0 Å². The minimum absolute atomic E-state index is 0.137. The molecule has 82 valence electrons. The van der Waals surface area contributed by atoms with Crippen molar-refractivity contribution in [2.24, 2.45) is 0 Å². The largest absolute Gasteiger partial charge is 0.465 e. The van der Waals surface area contributed by atoms with Gasteiger partial charge < -0.3 is 9.73 Å². The van der Waals surface area contributed by atoms with Crippen molar-refractivity contribution in [2.75, 3.05) is 0 Å². The van der Waals surface area contributed by atoms with E-state index in [1.807, 2.05) is 25.1 Å². The van der Waals surface area contributed by atoms with Crippen LogP contribution >= 0.6 is 24.0 Å². The summed E-state index contributed by atoms with van der Waals surface area (Å²) in [7, 11) is 0. The molecule has 0 unspecified atom stereocenters. The molecule has 1 aliphatic heterocycles. The van der Waals surface area contributed by atoms with Gasteiger partial charge in [0.15, 0.2) is 0 Å². The number of carbonyl (C=O) groups excluding carboxylic acids is 1. The number of nitrogens with one attached hydrogen (secondary N) is 1. The van der Waals surface area contributed by atoms with Gasteiger partial charge in [0.1, 0.15) is 10.1 Å². The van der Waals surface area contributed by atoms with E-state index in [1.165, 1.54) is 11.8 Å². The molecule has 1 fully saturated rings. The number of hydrogen-bond acceptors (Lipinski definition) is 4. The molecule has 1 aromatic rings. The Morgan fingerprint density at radius 3 is 3.00 bits per heavy atom. The number of amides is 1. The highest BCUT2D eigenvalue weighted by Gasteiger charge is 2.21. The molecular weight excluding hydrogens is 242 g/mol. The Kier molecular flexibility index (Phi) is 3.26. The van der Waals surface area contributed by atoms with E-state index in [4.69, 9.17) is 16.6 Å². The van der Waals surface area contributed by atoms with Crippen molar-refractivity contribution in [3.05, 3.63) is 40.7 Å². The van der Waals surface area contributed by atoms with Gasteiger partial charge in [-0.2, -0.15) is 0 Å². The molecule has 0 spiro atoms. The van der Waals surface area contributed by atoms with Crippen LogP contribution in [-0.4, -0.2) is 10.2 Å². The average Bonchev–Trinajstić information content (AvgIpc) is 2.78. The number of rotatable bonds is 2. The molecule has 1 saturated heterocycles. The standard InChI is InChI=1S/C11H9NO2S2/c1-7(5-8-3-2-4-14-8)6-9-10(13)12-11(15)16-9/h2-6H,1H3,(H,12,13,15)/b7-5-,9-6-. The fourth-order valence-electron chi connectivity index (χ4n) is 1.27.